The van der Waals surface area contributed by atoms with E-state index >= 15 is 0 Å². The normalized spacial score (nSPS) is 11.3. The van der Waals surface area contributed by atoms with Crippen molar-refractivity contribution in [3.05, 3.63) is 76.9 Å². The Hall–Kier alpha value is -4.65. The summed E-state index contributed by atoms with van der Waals surface area (Å²) in [6, 6.07) is 13.2. The smallest absolute Gasteiger partial charge is 0.293 e. The van der Waals surface area contributed by atoms with Gasteiger partial charge in [0.1, 0.15) is 18.2 Å². The fraction of sp³-hybridized carbons (Fsp3) is 0.182. The minimum absolute atomic E-state index is 0.0152. The zero-order valence-corrected chi connectivity index (χ0v) is 18.9. The molecule has 0 atom stereocenters. The molecule has 0 spiro atoms. The van der Waals surface area contributed by atoms with Crippen LogP contribution in [0.15, 0.2) is 58.3 Å². The molecule has 0 aliphatic heterocycles. The number of amides is 1. The summed E-state index contributed by atoms with van der Waals surface area (Å²) in [5.74, 6) is -0.122. The molecule has 0 radical (unpaired) electrons. The first-order valence-corrected chi connectivity index (χ1v) is 10.4. The monoisotopic (exact) mass is 479 g/mol. The van der Waals surface area contributed by atoms with Crippen LogP contribution < -0.4 is 15.9 Å². The minimum atomic E-state index is -0.567. The molecular formula is C22H22FN9O3. The third-order valence-corrected chi connectivity index (χ3v) is 4.70. The Balaban J connectivity index is 1.43. The molecule has 0 saturated heterocycles. The predicted octanol–water partition coefficient (Wildman–Crippen LogP) is 1.78. The van der Waals surface area contributed by atoms with Crippen LogP contribution >= 0.6 is 0 Å². The first-order valence-electron chi connectivity index (χ1n) is 10.4. The van der Waals surface area contributed by atoms with E-state index in [2.05, 4.69) is 35.8 Å². The number of benzene rings is 2. The number of nitrogens with two attached hydrogens (primary N) is 1. The lowest BCUT2D eigenvalue weighted by Gasteiger charge is -2.11. The Labute approximate surface area is 199 Å². The van der Waals surface area contributed by atoms with Crippen molar-refractivity contribution in [1.82, 2.24) is 35.6 Å². The van der Waals surface area contributed by atoms with Crippen molar-refractivity contribution in [3.8, 4) is 11.6 Å². The van der Waals surface area contributed by atoms with E-state index in [1.54, 1.807) is 36.4 Å². The second-order valence-electron chi connectivity index (χ2n) is 7.69. The van der Waals surface area contributed by atoms with E-state index in [4.69, 9.17) is 10.5 Å². The van der Waals surface area contributed by atoms with Gasteiger partial charge >= 0.3 is 0 Å². The largest absolute Gasteiger partial charge is 0.489 e. The molecular weight excluding hydrogens is 457 g/mol. The number of nitrogen functional groups attached to an aromatic ring is 1. The molecule has 0 unspecified atom stereocenters. The van der Waals surface area contributed by atoms with Gasteiger partial charge in [-0.2, -0.15) is 9.78 Å². The number of hydrogen-bond acceptors (Lipinski definition) is 10. The average molecular weight is 479 g/mol. The molecule has 0 bridgehead atoms. The van der Waals surface area contributed by atoms with Gasteiger partial charge in [0.2, 0.25) is 11.6 Å². The maximum atomic E-state index is 13.0. The van der Waals surface area contributed by atoms with E-state index in [1.165, 1.54) is 23.0 Å². The SMILES string of the molecule is CN(C)Cc1c(C(=O)N/N=C/c2cccc(OCc3ccc(F)cc3)c2)nnn1-c1nonc1N. The minimum Gasteiger partial charge on any atom is -0.489 e. The highest BCUT2D eigenvalue weighted by Crippen LogP contribution is 2.17. The van der Waals surface area contributed by atoms with Crippen molar-refractivity contribution >= 4 is 17.9 Å². The number of nitrogens with one attached hydrogen (secondary N) is 1. The second-order valence-corrected chi connectivity index (χ2v) is 7.69. The van der Waals surface area contributed by atoms with Crippen LogP contribution in [-0.2, 0) is 13.2 Å². The molecule has 2 heterocycles. The maximum absolute atomic E-state index is 13.0. The topological polar surface area (TPSA) is 150 Å². The molecule has 12 nitrogen and oxygen atoms in total. The molecule has 4 aromatic rings. The molecule has 35 heavy (non-hydrogen) atoms. The first kappa shape index (κ1) is 23.5. The zero-order chi connectivity index (χ0) is 24.8. The van der Waals surface area contributed by atoms with Gasteiger partial charge < -0.3 is 15.4 Å². The van der Waals surface area contributed by atoms with Gasteiger partial charge in [-0.25, -0.2) is 14.4 Å². The highest BCUT2D eigenvalue weighted by atomic mass is 19.1. The Morgan fingerprint density at radius 2 is 2.06 bits per heavy atom. The van der Waals surface area contributed by atoms with E-state index < -0.39 is 5.91 Å². The quantitative estimate of drug-likeness (QED) is 0.270. The number of rotatable bonds is 9. The van der Waals surface area contributed by atoms with Crippen LogP contribution in [0.1, 0.15) is 27.3 Å². The van der Waals surface area contributed by atoms with Gasteiger partial charge in [-0.15, -0.1) is 5.10 Å². The Morgan fingerprint density at radius 1 is 1.26 bits per heavy atom. The fourth-order valence-corrected chi connectivity index (χ4v) is 3.08. The van der Waals surface area contributed by atoms with Crippen molar-refractivity contribution in [1.29, 1.82) is 0 Å². The van der Waals surface area contributed by atoms with E-state index in [0.29, 0.717) is 23.6 Å². The zero-order valence-electron chi connectivity index (χ0n) is 18.9. The number of halogens is 1. The maximum Gasteiger partial charge on any atom is 0.293 e. The predicted molar refractivity (Wildman–Crippen MR) is 123 cm³/mol. The van der Waals surface area contributed by atoms with Crippen LogP contribution in [0.4, 0.5) is 10.2 Å². The highest BCUT2D eigenvalue weighted by Gasteiger charge is 2.24. The van der Waals surface area contributed by atoms with Crippen LogP contribution in [0.25, 0.3) is 5.82 Å². The number of ether oxygens (including phenoxy) is 1. The molecule has 1 amide bonds. The molecule has 0 aliphatic rings. The second kappa shape index (κ2) is 10.5. The van der Waals surface area contributed by atoms with Crippen LogP contribution in [-0.4, -0.2) is 56.4 Å². The highest BCUT2D eigenvalue weighted by molar-refractivity contribution is 5.94. The van der Waals surface area contributed by atoms with E-state index in [9.17, 15) is 9.18 Å². The summed E-state index contributed by atoms with van der Waals surface area (Å²) < 4.78 is 24.7. The summed E-state index contributed by atoms with van der Waals surface area (Å²) in [7, 11) is 3.65. The van der Waals surface area contributed by atoms with Crippen LogP contribution in [0.3, 0.4) is 0 Å². The van der Waals surface area contributed by atoms with Crippen molar-refractivity contribution in [2.75, 3.05) is 19.8 Å². The van der Waals surface area contributed by atoms with Crippen LogP contribution in [0.2, 0.25) is 0 Å². The van der Waals surface area contributed by atoms with Crippen molar-refractivity contribution in [2.24, 2.45) is 5.10 Å². The molecule has 0 fully saturated rings. The van der Waals surface area contributed by atoms with Crippen molar-refractivity contribution in [3.63, 3.8) is 0 Å². The first-order chi connectivity index (χ1) is 16.9. The summed E-state index contributed by atoms with van der Waals surface area (Å²) in [6.07, 6.45) is 1.47. The fourth-order valence-electron chi connectivity index (χ4n) is 3.08. The number of hydrogen-bond donors (Lipinski definition) is 2. The van der Waals surface area contributed by atoms with E-state index in [-0.39, 0.29) is 29.8 Å². The van der Waals surface area contributed by atoms with E-state index in [1.807, 2.05) is 19.0 Å². The third-order valence-electron chi connectivity index (χ3n) is 4.70. The van der Waals surface area contributed by atoms with Crippen LogP contribution in [0.5, 0.6) is 5.75 Å². The molecule has 2 aromatic carbocycles. The van der Waals surface area contributed by atoms with E-state index in [0.717, 1.165) is 5.56 Å². The molecule has 3 N–H and O–H groups in total. The number of nitrogens with zero attached hydrogens (tertiary/aromatic N) is 7. The molecule has 2 aromatic heterocycles. The standard InChI is InChI=1S/C22H22FN9O3/c1-31(2)12-18-19(26-30-32(18)21-20(24)28-35-29-21)22(33)27-25-11-15-4-3-5-17(10-15)34-13-14-6-8-16(23)9-7-14/h3-11H,12-13H2,1-2H3,(H2,24,28)(H,27,33)/b25-11+. The van der Waals surface area contributed by atoms with Gasteiger partial charge in [0, 0.05) is 6.54 Å². The average Bonchev–Trinajstić information content (AvgIpc) is 3.44. The molecule has 0 aliphatic carbocycles. The third kappa shape index (κ3) is 5.83. The van der Waals surface area contributed by atoms with Gasteiger partial charge in [-0.1, -0.05) is 29.5 Å². The summed E-state index contributed by atoms with van der Waals surface area (Å²) >= 11 is 0. The summed E-state index contributed by atoms with van der Waals surface area (Å²) in [6.45, 7) is 0.604. The summed E-state index contributed by atoms with van der Waals surface area (Å²) in [5.41, 5.74) is 10.2. The van der Waals surface area contributed by atoms with Gasteiger partial charge in [0.25, 0.3) is 5.91 Å². The molecule has 13 heteroatoms. The Bertz CT molecular complexity index is 1330. The van der Waals surface area contributed by atoms with Gasteiger partial charge in [-0.05, 0) is 59.8 Å². The number of hydrazone groups is 1. The van der Waals surface area contributed by atoms with Gasteiger partial charge in [0.15, 0.2) is 5.69 Å². The number of aromatic nitrogens is 5. The summed E-state index contributed by atoms with van der Waals surface area (Å²) in [5, 5.41) is 19.2. The molecule has 0 saturated carbocycles. The Kier molecular flexibility index (Phi) is 7.07. The molecule has 180 valence electrons. The number of carbonyl (C=O) groups excluding carboxylic acids is 1. The lowest BCUT2D eigenvalue weighted by Crippen LogP contribution is -2.23. The summed E-state index contributed by atoms with van der Waals surface area (Å²) in [4.78, 5) is 14.6. The van der Waals surface area contributed by atoms with Gasteiger partial charge in [0.05, 0.1) is 11.9 Å². The van der Waals surface area contributed by atoms with Crippen molar-refractivity contribution < 1.29 is 18.6 Å². The lowest BCUT2D eigenvalue weighted by molar-refractivity contribution is 0.0948. The van der Waals surface area contributed by atoms with Crippen LogP contribution in [0, 0.1) is 5.82 Å². The number of carbonyl (C=O) groups is 1. The Morgan fingerprint density at radius 3 is 2.77 bits per heavy atom. The lowest BCUT2D eigenvalue weighted by atomic mass is 10.2. The molecule has 4 rings (SSSR count). The van der Waals surface area contributed by atoms with Crippen molar-refractivity contribution in [2.45, 2.75) is 13.2 Å². The number of anilines is 1. The van der Waals surface area contributed by atoms with Gasteiger partial charge in [-0.3, -0.25) is 4.79 Å².